The van der Waals surface area contributed by atoms with Gasteiger partial charge in [-0.1, -0.05) is 84.9 Å². The van der Waals surface area contributed by atoms with Gasteiger partial charge in [-0.25, -0.2) is 0 Å². The number of methoxy groups -OCH3 is 1. The Morgan fingerprint density at radius 1 is 0.800 bits per heavy atom. The summed E-state index contributed by atoms with van der Waals surface area (Å²) in [6.45, 7) is 0. The molecule has 150 valence electrons. The van der Waals surface area contributed by atoms with Crippen LogP contribution in [0.2, 0.25) is 0 Å². The molecule has 4 aromatic rings. The highest BCUT2D eigenvalue weighted by molar-refractivity contribution is 5.84. The lowest BCUT2D eigenvalue weighted by Gasteiger charge is -2.31. The summed E-state index contributed by atoms with van der Waals surface area (Å²) < 4.78 is 12.2. The maximum atomic E-state index is 6.85. The lowest BCUT2D eigenvalue weighted by molar-refractivity contribution is -0.0159. The van der Waals surface area contributed by atoms with Gasteiger partial charge in [0.2, 0.25) is 0 Å². The average Bonchev–Trinajstić information content (AvgIpc) is 3.25. The van der Waals surface area contributed by atoms with E-state index in [0.29, 0.717) is 0 Å². The molecular weight excluding hydrogens is 368 g/mol. The van der Waals surface area contributed by atoms with E-state index in [1.54, 1.807) is 7.11 Å². The molecule has 2 nitrogen and oxygen atoms in total. The molecule has 2 heteroatoms. The largest absolute Gasteiger partial charge is 0.497 e. The Hall–Kier alpha value is -3.10. The van der Waals surface area contributed by atoms with Gasteiger partial charge in [0.05, 0.1) is 13.2 Å². The molecular formula is C28H26O2. The summed E-state index contributed by atoms with van der Waals surface area (Å²) in [5, 5.41) is 2.44. The Morgan fingerprint density at radius 3 is 2.10 bits per heavy atom. The SMILES string of the molecule is COc1ccc2cc(C[C@@H]3CCC(c4ccccc4)(c4ccccc4)O3)ccc2c1. The van der Waals surface area contributed by atoms with Crippen molar-refractivity contribution in [3.05, 3.63) is 114 Å². The first kappa shape index (κ1) is 18.9. The molecule has 0 N–H and O–H groups in total. The molecule has 0 radical (unpaired) electrons. The van der Waals surface area contributed by atoms with Crippen molar-refractivity contribution in [2.75, 3.05) is 7.11 Å². The van der Waals surface area contributed by atoms with Crippen LogP contribution in [0.5, 0.6) is 5.75 Å². The fourth-order valence-corrected chi connectivity index (χ4v) is 4.71. The van der Waals surface area contributed by atoms with Gasteiger partial charge in [0.15, 0.2) is 0 Å². The Balaban J connectivity index is 1.43. The zero-order valence-electron chi connectivity index (χ0n) is 17.3. The highest BCUT2D eigenvalue weighted by Crippen LogP contribution is 2.45. The van der Waals surface area contributed by atoms with Gasteiger partial charge in [-0.05, 0) is 58.9 Å². The first-order chi connectivity index (χ1) is 14.8. The predicted molar refractivity (Wildman–Crippen MR) is 122 cm³/mol. The predicted octanol–water partition coefficient (Wildman–Crippen LogP) is 6.51. The molecule has 4 aromatic carbocycles. The summed E-state index contributed by atoms with van der Waals surface area (Å²) in [6, 6.07) is 34.3. The van der Waals surface area contributed by atoms with Crippen LogP contribution in [0.4, 0.5) is 0 Å². The number of fused-ring (bicyclic) bond motifs is 1. The van der Waals surface area contributed by atoms with E-state index in [9.17, 15) is 0 Å². The average molecular weight is 395 g/mol. The van der Waals surface area contributed by atoms with E-state index in [-0.39, 0.29) is 11.7 Å². The molecule has 0 bridgehead atoms. The van der Waals surface area contributed by atoms with E-state index in [1.807, 2.05) is 6.07 Å². The van der Waals surface area contributed by atoms with Crippen LogP contribution in [0.3, 0.4) is 0 Å². The molecule has 1 atom stereocenters. The number of hydrogen-bond donors (Lipinski definition) is 0. The Kier molecular flexibility index (Phi) is 5.02. The fraction of sp³-hybridized carbons (Fsp3) is 0.214. The van der Waals surface area contributed by atoms with Crippen LogP contribution in [0.1, 0.15) is 29.5 Å². The van der Waals surface area contributed by atoms with Gasteiger partial charge in [-0.3, -0.25) is 0 Å². The summed E-state index contributed by atoms with van der Waals surface area (Å²) in [7, 11) is 1.71. The summed E-state index contributed by atoms with van der Waals surface area (Å²) in [5.41, 5.74) is 3.43. The van der Waals surface area contributed by atoms with Crippen LogP contribution >= 0.6 is 0 Å². The summed E-state index contributed by atoms with van der Waals surface area (Å²) in [6.07, 6.45) is 3.16. The van der Waals surface area contributed by atoms with E-state index < -0.39 is 0 Å². The highest BCUT2D eigenvalue weighted by Gasteiger charge is 2.42. The molecule has 30 heavy (non-hydrogen) atoms. The normalized spacial score (nSPS) is 17.8. The van der Waals surface area contributed by atoms with E-state index >= 15 is 0 Å². The van der Waals surface area contributed by atoms with Crippen LogP contribution in [0.15, 0.2) is 97.1 Å². The van der Waals surface area contributed by atoms with E-state index in [1.165, 1.54) is 27.5 Å². The Bertz CT molecular complexity index is 1100. The lowest BCUT2D eigenvalue weighted by Crippen LogP contribution is -2.28. The lowest BCUT2D eigenvalue weighted by atomic mass is 9.84. The smallest absolute Gasteiger partial charge is 0.119 e. The zero-order chi connectivity index (χ0) is 20.4. The molecule has 0 unspecified atom stereocenters. The summed E-state index contributed by atoms with van der Waals surface area (Å²) in [4.78, 5) is 0. The molecule has 1 saturated heterocycles. The summed E-state index contributed by atoms with van der Waals surface area (Å²) >= 11 is 0. The minimum Gasteiger partial charge on any atom is -0.497 e. The minimum absolute atomic E-state index is 0.195. The molecule has 1 aliphatic heterocycles. The van der Waals surface area contributed by atoms with E-state index in [2.05, 4.69) is 91.0 Å². The quantitative estimate of drug-likeness (QED) is 0.384. The molecule has 0 aliphatic carbocycles. The Labute approximate surface area is 178 Å². The van der Waals surface area contributed by atoms with Crippen LogP contribution in [0.25, 0.3) is 10.8 Å². The van der Waals surface area contributed by atoms with Crippen molar-refractivity contribution in [2.24, 2.45) is 0 Å². The van der Waals surface area contributed by atoms with Crippen molar-refractivity contribution in [1.29, 1.82) is 0 Å². The highest BCUT2D eigenvalue weighted by atomic mass is 16.5. The van der Waals surface area contributed by atoms with Gasteiger partial charge in [0.25, 0.3) is 0 Å². The molecule has 0 saturated carbocycles. The monoisotopic (exact) mass is 394 g/mol. The van der Waals surface area contributed by atoms with Crippen molar-refractivity contribution in [1.82, 2.24) is 0 Å². The molecule has 1 heterocycles. The van der Waals surface area contributed by atoms with E-state index in [4.69, 9.17) is 9.47 Å². The number of rotatable bonds is 5. The molecule has 1 aliphatic rings. The minimum atomic E-state index is -0.364. The van der Waals surface area contributed by atoms with Crippen LogP contribution in [-0.2, 0) is 16.8 Å². The Morgan fingerprint density at radius 2 is 1.43 bits per heavy atom. The standard InChI is InChI=1S/C28H26O2/c1-29-26-15-14-22-18-21(12-13-23(22)20-26)19-27-16-17-28(30-27,24-8-4-2-5-9-24)25-10-6-3-7-11-25/h2-15,18,20,27H,16-17,19H2,1H3/t27-/m0/s1. The van der Waals surface area contributed by atoms with Crippen molar-refractivity contribution >= 4 is 10.8 Å². The molecule has 0 spiro atoms. The topological polar surface area (TPSA) is 18.5 Å². The third kappa shape index (κ3) is 3.48. The second-order valence-electron chi connectivity index (χ2n) is 8.09. The molecule has 5 rings (SSSR count). The number of ether oxygens (including phenoxy) is 2. The first-order valence-electron chi connectivity index (χ1n) is 10.6. The van der Waals surface area contributed by atoms with Gasteiger partial charge in [0, 0.05) is 0 Å². The first-order valence-corrected chi connectivity index (χ1v) is 10.6. The maximum absolute atomic E-state index is 6.85. The van der Waals surface area contributed by atoms with Crippen molar-refractivity contribution in [3.63, 3.8) is 0 Å². The van der Waals surface area contributed by atoms with Crippen molar-refractivity contribution in [3.8, 4) is 5.75 Å². The maximum Gasteiger partial charge on any atom is 0.119 e. The zero-order valence-corrected chi connectivity index (χ0v) is 17.3. The van der Waals surface area contributed by atoms with Crippen molar-refractivity contribution < 1.29 is 9.47 Å². The second kappa shape index (κ2) is 7.97. The third-order valence-corrected chi connectivity index (χ3v) is 6.24. The van der Waals surface area contributed by atoms with Crippen molar-refractivity contribution in [2.45, 2.75) is 31.0 Å². The molecule has 0 aromatic heterocycles. The number of benzene rings is 4. The van der Waals surface area contributed by atoms with Crippen LogP contribution in [-0.4, -0.2) is 13.2 Å². The number of hydrogen-bond acceptors (Lipinski definition) is 2. The van der Waals surface area contributed by atoms with E-state index in [0.717, 1.165) is 25.0 Å². The van der Waals surface area contributed by atoms with Gasteiger partial charge in [-0.15, -0.1) is 0 Å². The second-order valence-corrected chi connectivity index (χ2v) is 8.09. The summed E-state index contributed by atoms with van der Waals surface area (Å²) in [5.74, 6) is 0.893. The third-order valence-electron chi connectivity index (χ3n) is 6.24. The van der Waals surface area contributed by atoms with Gasteiger partial charge in [-0.2, -0.15) is 0 Å². The van der Waals surface area contributed by atoms with Gasteiger partial charge >= 0.3 is 0 Å². The van der Waals surface area contributed by atoms with Gasteiger partial charge < -0.3 is 9.47 Å². The van der Waals surface area contributed by atoms with Gasteiger partial charge in [0.1, 0.15) is 11.4 Å². The fourth-order valence-electron chi connectivity index (χ4n) is 4.71. The molecule has 0 amide bonds. The van der Waals surface area contributed by atoms with Crippen LogP contribution < -0.4 is 4.74 Å². The van der Waals surface area contributed by atoms with Crippen LogP contribution in [0, 0.1) is 0 Å². The molecule has 1 fully saturated rings.